The number of rotatable bonds is 7. The van der Waals surface area contributed by atoms with Gasteiger partial charge in [-0.25, -0.2) is 15.4 Å². The molecule has 0 saturated heterocycles. The zero-order valence-electron chi connectivity index (χ0n) is 18.5. The van der Waals surface area contributed by atoms with Gasteiger partial charge in [0, 0.05) is 34.1 Å². The number of hydrazone groups is 1. The van der Waals surface area contributed by atoms with Crippen LogP contribution in [0, 0.1) is 27.7 Å². The maximum atomic E-state index is 12.2. The normalized spacial score (nSPS) is 12.6. The number of hydrogen-bond acceptors (Lipinski definition) is 5. The average molecular weight is 424 g/mol. The first-order valence-corrected chi connectivity index (χ1v) is 11.2. The number of fused-ring (bicyclic) bond motifs is 1. The van der Waals surface area contributed by atoms with Crippen molar-refractivity contribution < 1.29 is 4.79 Å². The summed E-state index contributed by atoms with van der Waals surface area (Å²) in [5.74, 6) is 0.0333. The summed E-state index contributed by atoms with van der Waals surface area (Å²) < 4.78 is 2.38. The highest BCUT2D eigenvalue weighted by Crippen LogP contribution is 2.31. The van der Waals surface area contributed by atoms with Crippen molar-refractivity contribution in [3.05, 3.63) is 52.5 Å². The fourth-order valence-electron chi connectivity index (χ4n) is 3.67. The van der Waals surface area contributed by atoms with E-state index in [1.807, 2.05) is 19.9 Å². The van der Waals surface area contributed by atoms with Crippen LogP contribution < -0.4 is 5.43 Å². The van der Waals surface area contributed by atoms with E-state index in [0.717, 1.165) is 34.5 Å². The summed E-state index contributed by atoms with van der Waals surface area (Å²) in [6.45, 7) is 12.5. The summed E-state index contributed by atoms with van der Waals surface area (Å²) in [5.41, 5.74) is 9.10. The molecule has 6 nitrogen and oxygen atoms in total. The number of aryl methyl sites for hydroxylation is 3. The van der Waals surface area contributed by atoms with Gasteiger partial charge in [-0.3, -0.25) is 4.79 Å². The SMILES string of the molecule is CC[C@H](C)n1c(C)c(/C=N/NC(=O)CSc2nc(C)cc(C)n2)c2cccc(C)c21. The summed E-state index contributed by atoms with van der Waals surface area (Å²) >= 11 is 1.31. The van der Waals surface area contributed by atoms with Crippen LogP contribution in [0.5, 0.6) is 0 Å². The third-order valence-electron chi connectivity index (χ3n) is 5.23. The summed E-state index contributed by atoms with van der Waals surface area (Å²) in [4.78, 5) is 20.9. The van der Waals surface area contributed by atoms with Crippen LogP contribution in [0.15, 0.2) is 34.5 Å². The third-order valence-corrected chi connectivity index (χ3v) is 6.08. The first-order valence-electron chi connectivity index (χ1n) is 10.2. The first-order chi connectivity index (χ1) is 14.3. The highest BCUT2D eigenvalue weighted by atomic mass is 32.2. The predicted molar refractivity (Wildman–Crippen MR) is 124 cm³/mol. The topological polar surface area (TPSA) is 72.2 Å². The van der Waals surface area contributed by atoms with Gasteiger partial charge in [0.05, 0.1) is 17.5 Å². The molecule has 0 fully saturated rings. The van der Waals surface area contributed by atoms with Crippen molar-refractivity contribution in [2.24, 2.45) is 5.10 Å². The number of thioether (sulfide) groups is 1. The fraction of sp³-hybridized carbons (Fsp3) is 0.391. The maximum Gasteiger partial charge on any atom is 0.250 e. The quantitative estimate of drug-likeness (QED) is 0.254. The third kappa shape index (κ3) is 4.73. The molecule has 158 valence electrons. The number of amides is 1. The molecule has 3 rings (SSSR count). The molecule has 0 aliphatic carbocycles. The second-order valence-electron chi connectivity index (χ2n) is 7.61. The molecule has 7 heteroatoms. The molecule has 0 spiro atoms. The number of benzene rings is 1. The molecule has 0 bridgehead atoms. The van der Waals surface area contributed by atoms with Gasteiger partial charge < -0.3 is 4.57 Å². The molecule has 1 N–H and O–H groups in total. The fourth-order valence-corrected chi connectivity index (χ4v) is 4.42. The van der Waals surface area contributed by atoms with Crippen LogP contribution in [0.25, 0.3) is 10.9 Å². The minimum absolute atomic E-state index is 0.182. The highest BCUT2D eigenvalue weighted by Gasteiger charge is 2.17. The lowest BCUT2D eigenvalue weighted by molar-refractivity contribution is -0.118. The molecule has 1 aromatic carbocycles. The van der Waals surface area contributed by atoms with Gasteiger partial charge >= 0.3 is 0 Å². The first kappa shape index (κ1) is 22.0. The van der Waals surface area contributed by atoms with E-state index in [-0.39, 0.29) is 11.7 Å². The molecule has 2 aromatic heterocycles. The standard InChI is InChI=1S/C23H29N5OS/c1-7-17(5)28-18(6)20(19-10-8-9-14(2)22(19)28)12-24-27-21(29)13-30-23-25-15(3)11-16(4)26-23/h8-12,17H,7,13H2,1-6H3,(H,27,29)/b24-12+/t17-/m0/s1. The van der Waals surface area contributed by atoms with Crippen LogP contribution in [0.2, 0.25) is 0 Å². The van der Waals surface area contributed by atoms with E-state index in [2.05, 4.69) is 71.0 Å². The van der Waals surface area contributed by atoms with Gasteiger partial charge in [0.15, 0.2) is 5.16 Å². The molecule has 0 aliphatic heterocycles. The number of hydrogen-bond donors (Lipinski definition) is 1. The van der Waals surface area contributed by atoms with Crippen molar-refractivity contribution in [2.45, 2.75) is 59.2 Å². The van der Waals surface area contributed by atoms with Crippen molar-refractivity contribution in [2.75, 3.05) is 5.75 Å². The van der Waals surface area contributed by atoms with E-state index in [0.29, 0.717) is 11.2 Å². The predicted octanol–water partition coefficient (Wildman–Crippen LogP) is 4.88. The highest BCUT2D eigenvalue weighted by molar-refractivity contribution is 7.99. The summed E-state index contributed by atoms with van der Waals surface area (Å²) in [6.07, 6.45) is 2.80. The molecule has 1 amide bonds. The Balaban J connectivity index is 1.75. The summed E-state index contributed by atoms with van der Waals surface area (Å²) in [5, 5.41) is 6.00. The Bertz CT molecular complexity index is 1080. The average Bonchev–Trinajstić information content (AvgIpc) is 2.98. The Morgan fingerprint density at radius 1 is 1.23 bits per heavy atom. The number of nitrogens with zero attached hydrogens (tertiary/aromatic N) is 4. The number of carbonyl (C=O) groups excluding carboxylic acids is 1. The second kappa shape index (κ2) is 9.43. The van der Waals surface area contributed by atoms with E-state index < -0.39 is 0 Å². The van der Waals surface area contributed by atoms with Crippen LogP contribution in [-0.4, -0.2) is 32.4 Å². The van der Waals surface area contributed by atoms with E-state index in [9.17, 15) is 4.79 Å². The summed E-state index contributed by atoms with van der Waals surface area (Å²) in [6, 6.07) is 8.61. The lowest BCUT2D eigenvalue weighted by Crippen LogP contribution is -2.20. The van der Waals surface area contributed by atoms with Gasteiger partial charge in [0.1, 0.15) is 0 Å². The number of carbonyl (C=O) groups is 1. The molecule has 0 unspecified atom stereocenters. The van der Waals surface area contributed by atoms with Gasteiger partial charge in [0.2, 0.25) is 0 Å². The van der Waals surface area contributed by atoms with Crippen molar-refractivity contribution >= 4 is 34.8 Å². The molecule has 2 heterocycles. The Hall–Kier alpha value is -2.67. The van der Waals surface area contributed by atoms with Gasteiger partial charge in [-0.2, -0.15) is 5.10 Å². The van der Waals surface area contributed by atoms with Gasteiger partial charge in [-0.15, -0.1) is 0 Å². The minimum Gasteiger partial charge on any atom is -0.341 e. The van der Waals surface area contributed by atoms with Gasteiger partial charge in [-0.05, 0) is 52.7 Å². The number of para-hydroxylation sites is 1. The minimum atomic E-state index is -0.182. The van der Waals surface area contributed by atoms with E-state index in [4.69, 9.17) is 0 Å². The zero-order valence-corrected chi connectivity index (χ0v) is 19.3. The van der Waals surface area contributed by atoms with Crippen molar-refractivity contribution in [1.82, 2.24) is 20.0 Å². The van der Waals surface area contributed by atoms with Crippen LogP contribution >= 0.6 is 11.8 Å². The Morgan fingerprint density at radius 2 is 1.93 bits per heavy atom. The Kier molecular flexibility index (Phi) is 6.92. The smallest absolute Gasteiger partial charge is 0.250 e. The van der Waals surface area contributed by atoms with Crippen LogP contribution in [0.3, 0.4) is 0 Å². The number of nitrogens with one attached hydrogen (secondary N) is 1. The van der Waals surface area contributed by atoms with Gasteiger partial charge in [0.25, 0.3) is 5.91 Å². The second-order valence-corrected chi connectivity index (χ2v) is 8.56. The molecule has 0 saturated carbocycles. The Morgan fingerprint density at radius 3 is 2.60 bits per heavy atom. The molecular weight excluding hydrogens is 394 g/mol. The molecule has 30 heavy (non-hydrogen) atoms. The molecule has 0 radical (unpaired) electrons. The monoisotopic (exact) mass is 423 g/mol. The lowest BCUT2D eigenvalue weighted by atomic mass is 10.1. The van der Waals surface area contributed by atoms with Crippen molar-refractivity contribution in [3.8, 4) is 0 Å². The number of aromatic nitrogens is 3. The molecular formula is C23H29N5OS. The van der Waals surface area contributed by atoms with Crippen LogP contribution in [-0.2, 0) is 4.79 Å². The van der Waals surface area contributed by atoms with Crippen molar-refractivity contribution in [3.63, 3.8) is 0 Å². The lowest BCUT2D eigenvalue weighted by Gasteiger charge is -2.16. The molecule has 1 atom stereocenters. The molecule has 0 aliphatic rings. The van der Waals surface area contributed by atoms with E-state index in [1.165, 1.54) is 22.8 Å². The van der Waals surface area contributed by atoms with Crippen LogP contribution in [0.1, 0.15) is 54.5 Å². The molecule has 3 aromatic rings. The van der Waals surface area contributed by atoms with E-state index >= 15 is 0 Å². The largest absolute Gasteiger partial charge is 0.341 e. The summed E-state index contributed by atoms with van der Waals surface area (Å²) in [7, 11) is 0. The maximum absolute atomic E-state index is 12.2. The van der Waals surface area contributed by atoms with Gasteiger partial charge in [-0.1, -0.05) is 36.9 Å². The van der Waals surface area contributed by atoms with E-state index in [1.54, 1.807) is 6.21 Å². The zero-order chi connectivity index (χ0) is 21.8. The van der Waals surface area contributed by atoms with Crippen LogP contribution in [0.4, 0.5) is 0 Å². The van der Waals surface area contributed by atoms with Crippen molar-refractivity contribution in [1.29, 1.82) is 0 Å². The Labute approximate surface area is 182 Å².